The lowest BCUT2D eigenvalue weighted by atomic mass is 10.1. The maximum atomic E-state index is 14.3. The summed E-state index contributed by atoms with van der Waals surface area (Å²) in [7, 11) is 0. The maximum absolute atomic E-state index is 14.3. The zero-order chi connectivity index (χ0) is 29.9. The fourth-order valence-electron chi connectivity index (χ4n) is 4.27. The molecule has 2 aromatic heterocycles. The summed E-state index contributed by atoms with van der Waals surface area (Å²) in [6.45, 7) is 2.93. The molecule has 2 heterocycles. The van der Waals surface area contributed by atoms with E-state index in [2.05, 4.69) is 25.6 Å². The minimum atomic E-state index is -2.13. The molecule has 2 saturated carbocycles. The minimum Gasteiger partial charge on any atom is -0.394 e. The number of nitrogens with zero attached hydrogens (tertiary/aromatic N) is 5. The lowest BCUT2D eigenvalue weighted by molar-refractivity contribution is -0.0629. The van der Waals surface area contributed by atoms with E-state index < -0.39 is 54.2 Å². The molecule has 0 saturated heterocycles. The summed E-state index contributed by atoms with van der Waals surface area (Å²) in [5.41, 5.74) is -1.07. The molecule has 2 fully saturated rings. The Morgan fingerprint density at radius 2 is 2.19 bits per heavy atom. The summed E-state index contributed by atoms with van der Waals surface area (Å²) in [6.07, 6.45) is -5.26. The second-order valence-corrected chi connectivity index (χ2v) is 9.54. The van der Waals surface area contributed by atoms with E-state index in [0.717, 1.165) is 17.8 Å². The van der Waals surface area contributed by atoms with Crippen LogP contribution in [0.5, 0.6) is 0 Å². The number of aryl methyl sites for hydroxylation is 1. The Labute approximate surface area is 219 Å². The second-order valence-electron chi connectivity index (χ2n) is 8.68. The number of nitrogens with one attached hydrogen (secondary N) is 1. The summed E-state index contributed by atoms with van der Waals surface area (Å²) >= 11 is 0.737. The normalized spacial score (nSPS) is 33.5. The van der Waals surface area contributed by atoms with Gasteiger partial charge in [-0.15, -0.1) is 5.10 Å². The van der Waals surface area contributed by atoms with Crippen LogP contribution < -0.4 is 5.32 Å². The number of hydrogen-bond acceptors (Lipinski definition) is 10. The number of aliphatic hydroxyl groups excluding tert-OH is 3. The van der Waals surface area contributed by atoms with Crippen molar-refractivity contribution < 1.29 is 31.3 Å². The van der Waals surface area contributed by atoms with Gasteiger partial charge in [-0.2, -0.15) is 0 Å². The number of hydrogen-bond donors (Lipinski definition) is 4. The first-order valence-electron chi connectivity index (χ1n) is 14.2. The molecular formula is C24H31FN6O4S. The molecule has 0 aliphatic heterocycles. The van der Waals surface area contributed by atoms with Gasteiger partial charge in [-0.1, -0.05) is 36.0 Å². The number of benzene rings is 1. The molecule has 1 aromatic carbocycles. The molecule has 12 heteroatoms. The molecule has 3 aromatic rings. The summed E-state index contributed by atoms with van der Waals surface area (Å²) in [6, 6.07) is 2.14. The fraction of sp³-hybridized carbons (Fsp3) is 0.583. The van der Waals surface area contributed by atoms with E-state index in [1.165, 1.54) is 16.8 Å². The fourth-order valence-corrected chi connectivity index (χ4v) is 4.81. The average Bonchev–Trinajstić information content (AvgIpc) is 3.23. The summed E-state index contributed by atoms with van der Waals surface area (Å²) in [4.78, 5) is 8.84. The van der Waals surface area contributed by atoms with Gasteiger partial charge in [0.15, 0.2) is 22.1 Å². The first-order chi connectivity index (χ1) is 19.2. The van der Waals surface area contributed by atoms with Crippen LogP contribution in [0.25, 0.3) is 11.2 Å². The lowest BCUT2D eigenvalue weighted by Crippen LogP contribution is -2.33. The molecule has 0 spiro atoms. The smallest absolute Gasteiger partial charge is 0.191 e. The first-order valence-corrected chi connectivity index (χ1v) is 12.5. The number of anilines is 1. The molecule has 10 nitrogen and oxygen atoms in total. The third kappa shape index (κ3) is 4.92. The Balaban J connectivity index is 1.54. The van der Waals surface area contributed by atoms with Crippen LogP contribution in [-0.2, 0) is 4.74 Å². The number of aromatic nitrogens is 5. The van der Waals surface area contributed by atoms with Gasteiger partial charge in [0.25, 0.3) is 0 Å². The third-order valence-electron chi connectivity index (χ3n) is 6.22. The van der Waals surface area contributed by atoms with Crippen LogP contribution >= 0.6 is 11.8 Å². The van der Waals surface area contributed by atoms with Crippen molar-refractivity contribution in [1.82, 2.24) is 25.0 Å². The molecule has 0 radical (unpaired) electrons. The molecule has 0 amide bonds. The number of rotatable bonds is 10. The Morgan fingerprint density at radius 3 is 2.94 bits per heavy atom. The van der Waals surface area contributed by atoms with Gasteiger partial charge in [-0.3, -0.25) is 0 Å². The third-order valence-corrected chi connectivity index (χ3v) is 7.01. The van der Waals surface area contributed by atoms with Crippen molar-refractivity contribution in [3.8, 4) is 0 Å². The lowest BCUT2D eigenvalue weighted by Gasteiger charge is -2.17. The van der Waals surface area contributed by atoms with Gasteiger partial charge in [0.2, 0.25) is 0 Å². The van der Waals surface area contributed by atoms with E-state index in [0.29, 0.717) is 5.56 Å². The number of aliphatic hydroxyl groups is 3. The standard InChI is InChI=1S/C24H31FN6O4S/c1-3-8-36-24-27-22(26-16-10-14(16)13-5-4-12(2)15(25)9-13)19-23(28-24)31(30-29-19)17-11-18(35-7-6-32)21(34)20(17)33/h4-5,9,14,16-18,20-21,32-34H,3,6-8,10-11H2,1-2H3,(H,26,27,28)/t14-,16+,17+,18-,20-,21+/m0/s1/i8D2,10D2,14D. The van der Waals surface area contributed by atoms with E-state index in [1.807, 2.05) is 0 Å². The second kappa shape index (κ2) is 10.5. The van der Waals surface area contributed by atoms with Gasteiger partial charge in [0.1, 0.15) is 18.0 Å². The largest absolute Gasteiger partial charge is 0.394 e. The minimum absolute atomic E-state index is 0.00708. The zero-order valence-corrected chi connectivity index (χ0v) is 20.5. The van der Waals surface area contributed by atoms with Crippen molar-refractivity contribution >= 4 is 28.7 Å². The Hall–Kier alpha value is -2.38. The van der Waals surface area contributed by atoms with Gasteiger partial charge < -0.3 is 25.4 Å². The van der Waals surface area contributed by atoms with E-state index in [-0.39, 0.29) is 53.8 Å². The maximum Gasteiger partial charge on any atom is 0.191 e. The van der Waals surface area contributed by atoms with Gasteiger partial charge in [-0.25, -0.2) is 19.0 Å². The van der Waals surface area contributed by atoms with Crippen LogP contribution in [-0.4, -0.2) is 83.6 Å². The molecule has 6 atom stereocenters. The molecule has 2 aliphatic rings. The van der Waals surface area contributed by atoms with Gasteiger partial charge in [0.05, 0.1) is 25.4 Å². The van der Waals surface area contributed by atoms with Crippen LogP contribution in [0.15, 0.2) is 23.4 Å². The van der Waals surface area contributed by atoms with E-state index in [1.54, 1.807) is 13.8 Å². The predicted octanol–water partition coefficient (Wildman–Crippen LogP) is 2.18. The Bertz CT molecular complexity index is 1450. The highest BCUT2D eigenvalue weighted by atomic mass is 32.2. The number of halogens is 1. The highest BCUT2D eigenvalue weighted by Crippen LogP contribution is 2.44. The van der Waals surface area contributed by atoms with E-state index in [4.69, 9.17) is 16.7 Å². The van der Waals surface area contributed by atoms with Gasteiger partial charge in [-0.05, 0) is 36.9 Å². The highest BCUT2D eigenvalue weighted by Gasteiger charge is 2.45. The first kappa shape index (κ1) is 19.7. The SMILES string of the molecule is [2H]C([2H])(CC)Sc1nc(N[C@@H]2C([2H])([2H])[C@@]2([2H])c2ccc(C)c(F)c2)c2nnn([C@@H]3C[C@H](OCCO)[C@@H](O)[C@H]3O)c2n1. The number of thioether (sulfide) groups is 1. The number of ether oxygens (including phenoxy) is 1. The quantitative estimate of drug-likeness (QED) is 0.231. The van der Waals surface area contributed by atoms with E-state index in [9.17, 15) is 14.6 Å². The van der Waals surface area contributed by atoms with Gasteiger partial charge >= 0.3 is 0 Å². The monoisotopic (exact) mass is 523 g/mol. The van der Waals surface area contributed by atoms with Crippen LogP contribution in [0, 0.1) is 12.7 Å². The molecule has 5 rings (SSSR count). The van der Waals surface area contributed by atoms with Crippen molar-refractivity contribution in [2.75, 3.05) is 24.2 Å². The van der Waals surface area contributed by atoms with E-state index >= 15 is 0 Å². The highest BCUT2D eigenvalue weighted by molar-refractivity contribution is 7.99. The van der Waals surface area contributed by atoms with Crippen LogP contribution in [0.2, 0.25) is 0 Å². The molecular weight excluding hydrogens is 487 g/mol. The molecule has 2 aliphatic carbocycles. The van der Waals surface area contributed by atoms with Crippen molar-refractivity contribution in [3.63, 3.8) is 0 Å². The number of fused-ring (bicyclic) bond motifs is 1. The summed E-state index contributed by atoms with van der Waals surface area (Å²) in [5, 5.41) is 41.5. The summed E-state index contributed by atoms with van der Waals surface area (Å²) in [5.74, 6) is -2.42. The molecule has 4 N–H and O–H groups in total. The zero-order valence-electron chi connectivity index (χ0n) is 24.7. The van der Waals surface area contributed by atoms with Crippen LogP contribution in [0.3, 0.4) is 0 Å². The Kier molecular flexibility index (Phi) is 5.77. The van der Waals surface area contributed by atoms with Crippen LogP contribution in [0.1, 0.15) is 56.1 Å². The van der Waals surface area contributed by atoms with Crippen molar-refractivity contribution in [1.29, 1.82) is 0 Å². The predicted molar refractivity (Wildman–Crippen MR) is 133 cm³/mol. The van der Waals surface area contributed by atoms with Crippen molar-refractivity contribution in [2.24, 2.45) is 0 Å². The van der Waals surface area contributed by atoms with Crippen molar-refractivity contribution in [3.05, 3.63) is 35.1 Å². The molecule has 0 unspecified atom stereocenters. The molecule has 0 bridgehead atoms. The average molecular weight is 524 g/mol. The van der Waals surface area contributed by atoms with Crippen LogP contribution in [0.4, 0.5) is 10.2 Å². The molecule has 194 valence electrons. The van der Waals surface area contributed by atoms with Crippen molar-refractivity contribution in [2.45, 2.75) is 74.5 Å². The summed E-state index contributed by atoms with van der Waals surface area (Å²) < 4.78 is 63.5. The van der Waals surface area contributed by atoms with Gasteiger partial charge in [0, 0.05) is 30.9 Å². The Morgan fingerprint density at radius 1 is 1.36 bits per heavy atom. The molecule has 36 heavy (non-hydrogen) atoms. The topological polar surface area (TPSA) is 138 Å².